The number of aryl methyl sites for hydroxylation is 1. The van der Waals surface area contributed by atoms with Crippen molar-refractivity contribution in [2.24, 2.45) is 0 Å². The molecule has 0 bridgehead atoms. The molecule has 1 aromatic rings. The van der Waals surface area contributed by atoms with Crippen molar-refractivity contribution in [1.82, 2.24) is 4.90 Å². The van der Waals surface area contributed by atoms with Gasteiger partial charge in [0.15, 0.2) is 0 Å². The van der Waals surface area contributed by atoms with Crippen LogP contribution in [-0.2, 0) is 9.59 Å². The van der Waals surface area contributed by atoms with Gasteiger partial charge in [-0.1, -0.05) is 26.0 Å². The number of hydrogen-bond donors (Lipinski definition) is 2. The van der Waals surface area contributed by atoms with Crippen LogP contribution in [-0.4, -0.2) is 54.3 Å². The van der Waals surface area contributed by atoms with E-state index < -0.39 is 11.9 Å². The molecule has 2 N–H and O–H groups in total. The topological polar surface area (TPSA) is 87.1 Å². The van der Waals surface area contributed by atoms with E-state index in [0.29, 0.717) is 18.1 Å². The number of nitrogens with zero attached hydrogens (tertiary/aromatic N) is 1. The zero-order valence-electron chi connectivity index (χ0n) is 14.9. The second-order valence-electron chi connectivity index (χ2n) is 5.86. The van der Waals surface area contributed by atoms with Gasteiger partial charge in [-0.15, -0.1) is 0 Å². The van der Waals surface area contributed by atoms with Crippen LogP contribution in [0.15, 0.2) is 30.4 Å². The molecule has 0 saturated carbocycles. The summed E-state index contributed by atoms with van der Waals surface area (Å²) in [4.78, 5) is 21.2. The number of ether oxygens (including phenoxy) is 1. The fraction of sp³-hybridized carbons (Fsp3) is 0.444. The number of benzene rings is 1. The summed E-state index contributed by atoms with van der Waals surface area (Å²) in [6.45, 7) is 8.19. The van der Waals surface area contributed by atoms with E-state index in [2.05, 4.69) is 58.0 Å². The van der Waals surface area contributed by atoms with E-state index in [0.717, 1.165) is 18.9 Å². The third-order valence-electron chi connectivity index (χ3n) is 2.96. The van der Waals surface area contributed by atoms with Crippen LogP contribution >= 0.6 is 0 Å². The number of aliphatic carboxylic acids is 2. The van der Waals surface area contributed by atoms with Gasteiger partial charge in [-0.05, 0) is 44.1 Å². The van der Waals surface area contributed by atoms with Crippen molar-refractivity contribution >= 4 is 11.9 Å². The van der Waals surface area contributed by atoms with Crippen LogP contribution in [0.2, 0.25) is 0 Å². The third kappa shape index (κ3) is 10.4. The molecule has 0 aliphatic carbocycles. The van der Waals surface area contributed by atoms with Crippen molar-refractivity contribution in [3.8, 4) is 5.75 Å². The van der Waals surface area contributed by atoms with Crippen molar-refractivity contribution in [3.63, 3.8) is 0 Å². The van der Waals surface area contributed by atoms with Crippen molar-refractivity contribution < 1.29 is 24.5 Å². The van der Waals surface area contributed by atoms with Gasteiger partial charge in [0.25, 0.3) is 0 Å². The highest BCUT2D eigenvalue weighted by Crippen LogP contribution is 2.27. The molecule has 0 fully saturated rings. The number of hydrogen-bond acceptors (Lipinski definition) is 4. The lowest BCUT2D eigenvalue weighted by molar-refractivity contribution is -0.134. The Morgan fingerprint density at radius 1 is 1.17 bits per heavy atom. The average Bonchev–Trinajstić information content (AvgIpc) is 2.45. The first-order valence-electron chi connectivity index (χ1n) is 7.65. The Morgan fingerprint density at radius 3 is 2.12 bits per heavy atom. The van der Waals surface area contributed by atoms with E-state index in [-0.39, 0.29) is 0 Å². The normalized spacial score (nSPS) is 10.6. The van der Waals surface area contributed by atoms with Crippen LogP contribution in [0.5, 0.6) is 5.75 Å². The van der Waals surface area contributed by atoms with E-state index in [4.69, 9.17) is 14.9 Å². The van der Waals surface area contributed by atoms with Crippen molar-refractivity contribution in [2.45, 2.75) is 26.7 Å². The molecule has 0 spiro atoms. The van der Waals surface area contributed by atoms with E-state index >= 15 is 0 Å². The highest BCUT2D eigenvalue weighted by molar-refractivity contribution is 5.89. The van der Waals surface area contributed by atoms with Gasteiger partial charge in [-0.3, -0.25) is 0 Å². The Morgan fingerprint density at radius 2 is 1.71 bits per heavy atom. The standard InChI is InChI=1S/C14H23NO.C4H4O4/c1-11(2)13-7-6-12(3)10-14(13)16-9-8-15(4)5;5-3(6)1-2-4(7)8/h6-7,10-11H,8-9H2,1-5H3;1-2H,(H,5,6)(H,7,8)/b;2-1+. The smallest absolute Gasteiger partial charge is 0.328 e. The molecule has 0 atom stereocenters. The van der Waals surface area contributed by atoms with Gasteiger partial charge >= 0.3 is 11.9 Å². The van der Waals surface area contributed by atoms with Gasteiger partial charge in [0.05, 0.1) is 0 Å². The van der Waals surface area contributed by atoms with Gasteiger partial charge in [-0.25, -0.2) is 9.59 Å². The maximum absolute atomic E-state index is 9.55. The number of carboxylic acid groups (broad SMARTS) is 2. The van der Waals surface area contributed by atoms with Crippen LogP contribution in [0.1, 0.15) is 30.9 Å². The molecule has 1 rings (SSSR count). The first-order valence-corrected chi connectivity index (χ1v) is 7.65. The molecule has 0 heterocycles. The highest BCUT2D eigenvalue weighted by atomic mass is 16.5. The molecular formula is C18H27NO5. The van der Waals surface area contributed by atoms with Gasteiger partial charge < -0.3 is 19.8 Å². The maximum Gasteiger partial charge on any atom is 0.328 e. The summed E-state index contributed by atoms with van der Waals surface area (Å²) >= 11 is 0. The minimum atomic E-state index is -1.26. The van der Waals surface area contributed by atoms with E-state index in [1.807, 2.05) is 0 Å². The number of rotatable bonds is 7. The average molecular weight is 337 g/mol. The quantitative estimate of drug-likeness (QED) is 0.744. The SMILES string of the molecule is Cc1ccc(C(C)C)c(OCCN(C)C)c1.O=C(O)/C=C/C(=O)O. The number of likely N-dealkylation sites (N-methyl/N-ethyl adjacent to an activating group) is 1. The number of carbonyl (C=O) groups is 2. The van der Waals surface area contributed by atoms with E-state index in [9.17, 15) is 9.59 Å². The molecule has 24 heavy (non-hydrogen) atoms. The summed E-state index contributed by atoms with van der Waals surface area (Å²) in [5, 5.41) is 15.6. The lowest BCUT2D eigenvalue weighted by Gasteiger charge is -2.16. The second-order valence-corrected chi connectivity index (χ2v) is 5.86. The van der Waals surface area contributed by atoms with Crippen molar-refractivity contribution in [3.05, 3.63) is 41.5 Å². The first-order chi connectivity index (χ1) is 11.1. The van der Waals surface area contributed by atoms with Crippen LogP contribution in [0.25, 0.3) is 0 Å². The first kappa shape index (κ1) is 21.7. The van der Waals surface area contributed by atoms with Crippen LogP contribution in [0.4, 0.5) is 0 Å². The molecule has 0 radical (unpaired) electrons. The van der Waals surface area contributed by atoms with E-state index in [1.165, 1.54) is 11.1 Å². The minimum absolute atomic E-state index is 0.509. The Hall–Kier alpha value is -2.34. The third-order valence-corrected chi connectivity index (χ3v) is 2.96. The lowest BCUT2D eigenvalue weighted by Crippen LogP contribution is -2.19. The molecule has 0 saturated heterocycles. The Labute approximate surface area is 143 Å². The summed E-state index contributed by atoms with van der Waals surface area (Å²) in [5.74, 6) is -0.966. The van der Waals surface area contributed by atoms with Crippen molar-refractivity contribution in [1.29, 1.82) is 0 Å². The molecule has 6 heteroatoms. The molecule has 6 nitrogen and oxygen atoms in total. The van der Waals surface area contributed by atoms with Crippen LogP contribution in [0, 0.1) is 6.92 Å². The zero-order valence-corrected chi connectivity index (χ0v) is 14.9. The zero-order chi connectivity index (χ0) is 18.7. The molecule has 1 aromatic carbocycles. The fourth-order valence-electron chi connectivity index (χ4n) is 1.72. The highest BCUT2D eigenvalue weighted by Gasteiger charge is 2.07. The van der Waals surface area contributed by atoms with Gasteiger partial charge in [0.1, 0.15) is 12.4 Å². The summed E-state index contributed by atoms with van der Waals surface area (Å²) in [5.41, 5.74) is 2.55. The summed E-state index contributed by atoms with van der Waals surface area (Å²) in [7, 11) is 4.12. The fourth-order valence-corrected chi connectivity index (χ4v) is 1.72. The minimum Gasteiger partial charge on any atom is -0.492 e. The van der Waals surface area contributed by atoms with Crippen LogP contribution in [0.3, 0.4) is 0 Å². The largest absolute Gasteiger partial charge is 0.492 e. The maximum atomic E-state index is 9.55. The second kappa shape index (κ2) is 11.2. The van der Waals surface area contributed by atoms with E-state index in [1.54, 1.807) is 0 Å². The van der Waals surface area contributed by atoms with Crippen LogP contribution < -0.4 is 4.74 Å². The van der Waals surface area contributed by atoms with Gasteiger partial charge in [0, 0.05) is 18.7 Å². The van der Waals surface area contributed by atoms with Crippen molar-refractivity contribution in [2.75, 3.05) is 27.2 Å². The molecular weight excluding hydrogens is 310 g/mol. The summed E-state index contributed by atoms with van der Waals surface area (Å²) in [6.07, 6.45) is 1.12. The summed E-state index contributed by atoms with van der Waals surface area (Å²) in [6, 6.07) is 6.45. The molecule has 0 aliphatic rings. The molecule has 0 amide bonds. The molecule has 0 aromatic heterocycles. The van der Waals surface area contributed by atoms with Gasteiger partial charge in [0.2, 0.25) is 0 Å². The Bertz CT molecular complexity index is 549. The predicted octanol–water partition coefficient (Wildman–Crippen LogP) is 2.77. The molecule has 0 aliphatic heterocycles. The summed E-state index contributed by atoms with van der Waals surface area (Å²) < 4.78 is 5.85. The number of carboxylic acids is 2. The molecule has 134 valence electrons. The monoisotopic (exact) mass is 337 g/mol. The Kier molecular flexibility index (Phi) is 10.1. The predicted molar refractivity (Wildman–Crippen MR) is 93.7 cm³/mol. The van der Waals surface area contributed by atoms with Gasteiger partial charge in [-0.2, -0.15) is 0 Å². The lowest BCUT2D eigenvalue weighted by atomic mass is 10.0. The molecule has 0 unspecified atom stereocenters. The Balaban J connectivity index is 0.000000561.